The zero-order valence-corrected chi connectivity index (χ0v) is 10.8. The van der Waals surface area contributed by atoms with E-state index in [1.165, 1.54) is 5.69 Å². The van der Waals surface area contributed by atoms with Gasteiger partial charge in [-0.05, 0) is 29.3 Å². The maximum atomic E-state index is 5.88. The largest absolute Gasteiger partial charge is 0.326 e. The van der Waals surface area contributed by atoms with Crippen molar-refractivity contribution in [3.8, 4) is 0 Å². The third-order valence-electron chi connectivity index (χ3n) is 2.94. The zero-order chi connectivity index (χ0) is 11.0. The molecule has 1 aromatic rings. The monoisotopic (exact) mass is 272 g/mol. The Bertz CT molecular complexity index is 361. The number of rotatable bonds is 2. The lowest BCUT2D eigenvalue weighted by Crippen LogP contribution is -2.27. The highest BCUT2D eigenvalue weighted by Gasteiger charge is 2.21. The molecule has 2 rings (SSSR count). The van der Waals surface area contributed by atoms with Crippen LogP contribution in [0.5, 0.6) is 0 Å². The van der Waals surface area contributed by atoms with E-state index in [-0.39, 0.29) is 0 Å². The molecule has 1 aliphatic rings. The molecule has 0 spiro atoms. The van der Waals surface area contributed by atoms with Crippen molar-refractivity contribution in [3.63, 3.8) is 0 Å². The van der Waals surface area contributed by atoms with Gasteiger partial charge in [0.25, 0.3) is 0 Å². The second-order valence-electron chi connectivity index (χ2n) is 4.25. The third-order valence-corrected chi connectivity index (χ3v) is 3.98. The van der Waals surface area contributed by atoms with E-state index >= 15 is 0 Å². The summed E-state index contributed by atoms with van der Waals surface area (Å²) in [6.45, 7) is 5.05. The van der Waals surface area contributed by atoms with Crippen molar-refractivity contribution in [3.05, 3.63) is 15.9 Å². The van der Waals surface area contributed by atoms with Crippen LogP contribution in [0.15, 0.2) is 4.47 Å². The number of hydrogen-bond donors (Lipinski definition) is 1. The number of nitrogens with zero attached hydrogens (tertiary/aromatic N) is 3. The third kappa shape index (κ3) is 2.24. The highest BCUT2D eigenvalue weighted by atomic mass is 79.9. The second kappa shape index (κ2) is 4.23. The number of aryl methyl sites for hydroxylation is 2. The summed E-state index contributed by atoms with van der Waals surface area (Å²) in [4.78, 5) is 2.38. The summed E-state index contributed by atoms with van der Waals surface area (Å²) in [5.41, 5.74) is 8.17. The SMILES string of the molecule is Cc1nn(C)c(CN2CCC(N)C2)c1Br. The number of halogens is 1. The van der Waals surface area contributed by atoms with Gasteiger partial charge in [-0.1, -0.05) is 0 Å². The minimum absolute atomic E-state index is 0.345. The fraction of sp³-hybridized carbons (Fsp3) is 0.700. The lowest BCUT2D eigenvalue weighted by atomic mass is 10.3. The van der Waals surface area contributed by atoms with Gasteiger partial charge < -0.3 is 5.73 Å². The molecule has 1 unspecified atom stereocenters. The van der Waals surface area contributed by atoms with Gasteiger partial charge >= 0.3 is 0 Å². The quantitative estimate of drug-likeness (QED) is 0.875. The summed E-state index contributed by atoms with van der Waals surface area (Å²) in [6, 6.07) is 0.345. The Balaban J connectivity index is 2.10. The van der Waals surface area contributed by atoms with Gasteiger partial charge in [0, 0.05) is 32.7 Å². The number of likely N-dealkylation sites (tertiary alicyclic amines) is 1. The van der Waals surface area contributed by atoms with E-state index < -0.39 is 0 Å². The van der Waals surface area contributed by atoms with Crippen molar-refractivity contribution in [2.24, 2.45) is 12.8 Å². The van der Waals surface area contributed by atoms with E-state index in [0.717, 1.165) is 36.2 Å². The number of aromatic nitrogens is 2. The maximum Gasteiger partial charge on any atom is 0.0739 e. The molecule has 0 bridgehead atoms. The Labute approximate surface area is 98.6 Å². The summed E-state index contributed by atoms with van der Waals surface area (Å²) in [7, 11) is 1.99. The average Bonchev–Trinajstić information content (AvgIpc) is 2.67. The van der Waals surface area contributed by atoms with Crippen molar-refractivity contribution in [2.45, 2.75) is 25.9 Å². The predicted octanol–water partition coefficient (Wildman–Crippen LogP) is 1.02. The van der Waals surface area contributed by atoms with Gasteiger partial charge in [0.1, 0.15) is 0 Å². The van der Waals surface area contributed by atoms with Crippen LogP contribution in [0, 0.1) is 6.92 Å². The fourth-order valence-corrected chi connectivity index (χ4v) is 2.53. The lowest BCUT2D eigenvalue weighted by molar-refractivity contribution is 0.316. The molecular formula is C10H17BrN4. The topological polar surface area (TPSA) is 47.1 Å². The zero-order valence-electron chi connectivity index (χ0n) is 9.20. The van der Waals surface area contributed by atoms with Crippen molar-refractivity contribution in [1.82, 2.24) is 14.7 Å². The fourth-order valence-electron chi connectivity index (χ4n) is 2.07. The molecule has 0 aromatic carbocycles. The highest BCUT2D eigenvalue weighted by Crippen LogP contribution is 2.22. The Kier molecular flexibility index (Phi) is 3.13. The van der Waals surface area contributed by atoms with Crippen LogP contribution in [0.3, 0.4) is 0 Å². The molecule has 1 saturated heterocycles. The molecule has 4 nitrogen and oxygen atoms in total. The molecular weight excluding hydrogens is 256 g/mol. The van der Waals surface area contributed by atoms with Crippen molar-refractivity contribution < 1.29 is 0 Å². The van der Waals surface area contributed by atoms with Gasteiger partial charge in [-0.25, -0.2) is 0 Å². The summed E-state index contributed by atoms with van der Waals surface area (Å²) in [6.07, 6.45) is 1.11. The van der Waals surface area contributed by atoms with E-state index in [9.17, 15) is 0 Å². The van der Waals surface area contributed by atoms with Crippen LogP contribution in [0.1, 0.15) is 17.8 Å². The summed E-state index contributed by atoms with van der Waals surface area (Å²) < 4.78 is 3.08. The summed E-state index contributed by atoms with van der Waals surface area (Å²) in [5.74, 6) is 0. The minimum Gasteiger partial charge on any atom is -0.326 e. The summed E-state index contributed by atoms with van der Waals surface area (Å²) >= 11 is 3.58. The van der Waals surface area contributed by atoms with Crippen molar-refractivity contribution >= 4 is 15.9 Å². The Morgan fingerprint density at radius 1 is 1.60 bits per heavy atom. The van der Waals surface area contributed by atoms with Crippen LogP contribution in [0.4, 0.5) is 0 Å². The second-order valence-corrected chi connectivity index (χ2v) is 5.05. The first kappa shape index (κ1) is 11.1. The minimum atomic E-state index is 0.345. The molecule has 15 heavy (non-hydrogen) atoms. The molecule has 0 radical (unpaired) electrons. The lowest BCUT2D eigenvalue weighted by Gasteiger charge is -2.15. The Morgan fingerprint density at radius 3 is 2.80 bits per heavy atom. The van der Waals surface area contributed by atoms with Gasteiger partial charge in [-0.15, -0.1) is 0 Å². The molecule has 0 amide bonds. The molecule has 1 aromatic heterocycles. The molecule has 1 atom stereocenters. The first-order chi connectivity index (χ1) is 7.08. The van der Waals surface area contributed by atoms with Gasteiger partial charge in [-0.2, -0.15) is 5.10 Å². The van der Waals surface area contributed by atoms with E-state index in [2.05, 4.69) is 25.9 Å². The first-order valence-corrected chi connectivity index (χ1v) is 6.03. The smallest absolute Gasteiger partial charge is 0.0739 e. The van der Waals surface area contributed by atoms with Crippen LogP contribution in [-0.4, -0.2) is 33.8 Å². The van der Waals surface area contributed by atoms with Crippen LogP contribution < -0.4 is 5.73 Å². The molecule has 1 fully saturated rings. The van der Waals surface area contributed by atoms with Gasteiger partial charge in [-0.3, -0.25) is 9.58 Å². The molecule has 5 heteroatoms. The van der Waals surface area contributed by atoms with E-state index in [4.69, 9.17) is 5.73 Å². The van der Waals surface area contributed by atoms with E-state index in [1.807, 2.05) is 18.7 Å². The first-order valence-electron chi connectivity index (χ1n) is 5.24. The Hall–Kier alpha value is -0.390. The number of hydrogen-bond acceptors (Lipinski definition) is 3. The molecule has 1 aliphatic heterocycles. The van der Waals surface area contributed by atoms with Crippen molar-refractivity contribution in [1.29, 1.82) is 0 Å². The normalized spacial score (nSPS) is 22.5. The molecule has 84 valence electrons. The standard InChI is InChI=1S/C10H17BrN4/c1-7-10(11)9(14(2)13-7)6-15-4-3-8(12)5-15/h8H,3-6,12H2,1-2H3. The van der Waals surface area contributed by atoms with Crippen LogP contribution in [0.25, 0.3) is 0 Å². The van der Waals surface area contributed by atoms with Crippen molar-refractivity contribution in [2.75, 3.05) is 13.1 Å². The predicted molar refractivity (Wildman–Crippen MR) is 63.5 cm³/mol. The molecule has 2 N–H and O–H groups in total. The van der Waals surface area contributed by atoms with Crippen LogP contribution in [0.2, 0.25) is 0 Å². The van der Waals surface area contributed by atoms with Gasteiger partial charge in [0.05, 0.1) is 15.9 Å². The summed E-state index contributed by atoms with van der Waals surface area (Å²) in [5, 5.41) is 4.38. The van der Waals surface area contributed by atoms with Crippen LogP contribution in [-0.2, 0) is 13.6 Å². The maximum absolute atomic E-state index is 5.88. The average molecular weight is 273 g/mol. The number of nitrogens with two attached hydrogens (primary N) is 1. The van der Waals surface area contributed by atoms with E-state index in [1.54, 1.807) is 0 Å². The molecule has 2 heterocycles. The molecule has 0 saturated carbocycles. The van der Waals surface area contributed by atoms with E-state index in [0.29, 0.717) is 6.04 Å². The van der Waals surface area contributed by atoms with Crippen LogP contribution >= 0.6 is 15.9 Å². The van der Waals surface area contributed by atoms with Gasteiger partial charge in [0.15, 0.2) is 0 Å². The highest BCUT2D eigenvalue weighted by molar-refractivity contribution is 9.10. The Morgan fingerprint density at radius 2 is 2.33 bits per heavy atom. The van der Waals surface area contributed by atoms with Gasteiger partial charge in [0.2, 0.25) is 0 Å². The molecule has 0 aliphatic carbocycles.